The predicted octanol–water partition coefficient (Wildman–Crippen LogP) is 3.23. The van der Waals surface area contributed by atoms with E-state index in [1.807, 2.05) is 6.92 Å². The molecule has 0 radical (unpaired) electrons. The van der Waals surface area contributed by atoms with E-state index in [0.717, 1.165) is 10.7 Å². The maximum absolute atomic E-state index is 13.0. The van der Waals surface area contributed by atoms with Gasteiger partial charge in [-0.2, -0.15) is 8.68 Å². The van der Waals surface area contributed by atoms with Gasteiger partial charge < -0.3 is 4.90 Å². The predicted molar refractivity (Wildman–Crippen MR) is 109 cm³/mol. The van der Waals surface area contributed by atoms with Crippen LogP contribution in [0.5, 0.6) is 0 Å². The van der Waals surface area contributed by atoms with Crippen molar-refractivity contribution in [2.75, 3.05) is 24.5 Å². The molecule has 1 aliphatic rings. The van der Waals surface area contributed by atoms with Crippen LogP contribution in [0.2, 0.25) is 0 Å². The van der Waals surface area contributed by atoms with Gasteiger partial charge in [0, 0.05) is 43.6 Å². The van der Waals surface area contributed by atoms with Gasteiger partial charge in [0.2, 0.25) is 5.13 Å². The highest BCUT2D eigenvalue weighted by Crippen LogP contribution is 2.27. The molecule has 148 valence electrons. The molecule has 28 heavy (non-hydrogen) atoms. The third kappa shape index (κ3) is 3.95. The van der Waals surface area contributed by atoms with E-state index in [1.54, 1.807) is 34.0 Å². The zero-order valence-electron chi connectivity index (χ0n) is 15.2. The van der Waals surface area contributed by atoms with Crippen molar-refractivity contribution in [3.8, 4) is 0 Å². The van der Waals surface area contributed by atoms with Gasteiger partial charge in [0.05, 0.1) is 0 Å². The number of nitrogens with zero attached hydrogens (tertiary/aromatic N) is 4. The van der Waals surface area contributed by atoms with E-state index >= 15 is 0 Å². The lowest BCUT2D eigenvalue weighted by Gasteiger charge is -2.38. The fourth-order valence-corrected chi connectivity index (χ4v) is 6.68. The average Bonchev–Trinajstić information content (AvgIpc) is 3.36. The summed E-state index contributed by atoms with van der Waals surface area (Å²) in [6, 6.07) is 9.55. The Balaban J connectivity index is 1.43. The van der Waals surface area contributed by atoms with Crippen LogP contribution in [0.4, 0.5) is 9.52 Å². The third-order valence-corrected chi connectivity index (χ3v) is 8.83. The largest absolute Gasteiger partial charge is 0.344 e. The first-order valence-corrected chi connectivity index (χ1v) is 11.9. The van der Waals surface area contributed by atoms with Crippen LogP contribution in [-0.4, -0.2) is 47.8 Å². The molecule has 2 aromatic heterocycles. The summed E-state index contributed by atoms with van der Waals surface area (Å²) in [5.74, 6) is 0.424. The van der Waals surface area contributed by atoms with E-state index in [-0.39, 0.29) is 11.9 Å². The molecule has 0 N–H and O–H groups in total. The molecule has 1 fully saturated rings. The van der Waals surface area contributed by atoms with Gasteiger partial charge in [-0.3, -0.25) is 0 Å². The summed E-state index contributed by atoms with van der Waals surface area (Å²) in [5, 5.41) is 2.56. The van der Waals surface area contributed by atoms with Crippen molar-refractivity contribution in [2.24, 2.45) is 0 Å². The van der Waals surface area contributed by atoms with Crippen molar-refractivity contribution in [1.29, 1.82) is 0 Å². The molecular formula is C18H19FN4O2S3. The highest BCUT2D eigenvalue weighted by atomic mass is 32.2. The normalized spacial score (nSPS) is 18.5. The van der Waals surface area contributed by atoms with E-state index in [4.69, 9.17) is 0 Å². The number of anilines is 1. The summed E-state index contributed by atoms with van der Waals surface area (Å²) in [4.78, 5) is 6.68. The minimum Gasteiger partial charge on any atom is -0.344 e. The lowest BCUT2D eigenvalue weighted by Crippen LogP contribution is -2.53. The number of hydrogen-bond donors (Lipinski definition) is 0. The van der Waals surface area contributed by atoms with Crippen LogP contribution >= 0.6 is 22.9 Å². The minimum atomic E-state index is -3.45. The molecule has 1 atom stereocenters. The van der Waals surface area contributed by atoms with Crippen LogP contribution in [0.15, 0.2) is 46.0 Å². The van der Waals surface area contributed by atoms with Gasteiger partial charge in [0.25, 0.3) is 10.0 Å². The Morgan fingerprint density at radius 1 is 1.21 bits per heavy atom. The Bertz CT molecular complexity index is 1040. The first kappa shape index (κ1) is 19.4. The van der Waals surface area contributed by atoms with Crippen molar-refractivity contribution in [2.45, 2.75) is 23.6 Å². The van der Waals surface area contributed by atoms with Gasteiger partial charge in [-0.25, -0.2) is 17.8 Å². The number of halogens is 1. The number of piperazine rings is 1. The first-order valence-electron chi connectivity index (χ1n) is 8.81. The van der Waals surface area contributed by atoms with Crippen LogP contribution in [-0.2, 0) is 16.4 Å². The number of thiophene rings is 1. The van der Waals surface area contributed by atoms with Gasteiger partial charge in [-0.1, -0.05) is 18.2 Å². The highest BCUT2D eigenvalue weighted by Gasteiger charge is 2.35. The van der Waals surface area contributed by atoms with E-state index in [1.165, 1.54) is 35.0 Å². The Labute approximate surface area is 171 Å². The molecule has 0 bridgehead atoms. The first-order chi connectivity index (χ1) is 13.4. The fourth-order valence-electron chi connectivity index (χ4n) is 3.23. The van der Waals surface area contributed by atoms with Gasteiger partial charge in [-0.05, 0) is 36.1 Å². The Morgan fingerprint density at radius 2 is 2.00 bits per heavy atom. The fraction of sp³-hybridized carbons (Fsp3) is 0.333. The summed E-state index contributed by atoms with van der Waals surface area (Å²) in [6.45, 7) is 3.46. The molecule has 1 unspecified atom stereocenters. The zero-order valence-corrected chi connectivity index (χ0v) is 17.6. The van der Waals surface area contributed by atoms with Gasteiger partial charge in [-0.15, -0.1) is 11.3 Å². The van der Waals surface area contributed by atoms with Crippen LogP contribution in [0.3, 0.4) is 0 Å². The van der Waals surface area contributed by atoms with Crippen molar-refractivity contribution in [3.63, 3.8) is 0 Å². The maximum Gasteiger partial charge on any atom is 0.252 e. The quantitative estimate of drug-likeness (QED) is 0.612. The zero-order chi connectivity index (χ0) is 19.7. The second-order valence-electron chi connectivity index (χ2n) is 6.64. The van der Waals surface area contributed by atoms with Crippen molar-refractivity contribution < 1.29 is 12.8 Å². The SMILES string of the molecule is CC1CN(c2nc(Cc3ccc(F)cc3)ns2)CCN1S(=O)(=O)c1cccs1. The number of benzene rings is 1. The molecule has 0 spiro atoms. The maximum atomic E-state index is 13.0. The molecule has 3 heterocycles. The minimum absolute atomic E-state index is 0.162. The topological polar surface area (TPSA) is 66.4 Å². The third-order valence-electron chi connectivity index (χ3n) is 4.63. The number of aromatic nitrogens is 2. The van der Waals surface area contributed by atoms with E-state index in [0.29, 0.717) is 36.1 Å². The smallest absolute Gasteiger partial charge is 0.252 e. The number of rotatable bonds is 5. The summed E-state index contributed by atoms with van der Waals surface area (Å²) in [7, 11) is -3.45. The number of sulfonamides is 1. The molecule has 10 heteroatoms. The Hall–Kier alpha value is -1.88. The molecular weight excluding hydrogens is 419 g/mol. The van der Waals surface area contributed by atoms with E-state index < -0.39 is 10.0 Å². The number of hydrogen-bond acceptors (Lipinski definition) is 7. The lowest BCUT2D eigenvalue weighted by atomic mass is 10.1. The molecule has 4 rings (SSSR count). The Kier molecular flexibility index (Phi) is 5.46. The van der Waals surface area contributed by atoms with Crippen molar-refractivity contribution >= 4 is 38.0 Å². The molecule has 3 aromatic rings. The highest BCUT2D eigenvalue weighted by molar-refractivity contribution is 7.91. The summed E-state index contributed by atoms with van der Waals surface area (Å²) in [5.41, 5.74) is 0.950. The summed E-state index contributed by atoms with van der Waals surface area (Å²) >= 11 is 2.55. The van der Waals surface area contributed by atoms with Crippen LogP contribution in [0, 0.1) is 5.82 Å². The van der Waals surface area contributed by atoms with Gasteiger partial charge >= 0.3 is 0 Å². The average molecular weight is 439 g/mol. The van der Waals surface area contributed by atoms with Crippen molar-refractivity contribution in [3.05, 3.63) is 59.0 Å². The lowest BCUT2D eigenvalue weighted by molar-refractivity contribution is 0.307. The molecule has 1 aliphatic heterocycles. The standard InChI is InChI=1S/C18H19FN4O2S3/c1-13-12-22(8-9-23(13)28(24,25)17-3-2-10-26-17)18-20-16(21-27-18)11-14-4-6-15(19)7-5-14/h2-7,10,13H,8-9,11-12H2,1H3. The van der Waals surface area contributed by atoms with E-state index in [9.17, 15) is 12.8 Å². The molecule has 1 saturated heterocycles. The van der Waals surface area contributed by atoms with E-state index in [2.05, 4.69) is 14.3 Å². The molecule has 0 saturated carbocycles. The second-order valence-corrected chi connectivity index (χ2v) is 10.4. The van der Waals surface area contributed by atoms with Gasteiger partial charge in [0.1, 0.15) is 15.9 Å². The van der Waals surface area contributed by atoms with Gasteiger partial charge in [0.15, 0.2) is 0 Å². The summed E-state index contributed by atoms with van der Waals surface area (Å²) < 4.78 is 45.0. The molecule has 0 amide bonds. The van der Waals surface area contributed by atoms with Crippen molar-refractivity contribution in [1.82, 2.24) is 13.7 Å². The molecule has 6 nitrogen and oxygen atoms in total. The molecule has 0 aliphatic carbocycles. The van der Waals surface area contributed by atoms with Crippen LogP contribution in [0.1, 0.15) is 18.3 Å². The molecule has 1 aromatic carbocycles. The van der Waals surface area contributed by atoms with Crippen LogP contribution in [0.25, 0.3) is 0 Å². The Morgan fingerprint density at radius 3 is 2.68 bits per heavy atom. The van der Waals surface area contributed by atoms with Crippen LogP contribution < -0.4 is 4.90 Å². The monoisotopic (exact) mass is 438 g/mol. The second kappa shape index (κ2) is 7.86. The summed E-state index contributed by atoms with van der Waals surface area (Å²) in [6.07, 6.45) is 0.541.